The number of amides is 2. The van der Waals surface area contributed by atoms with E-state index in [0.29, 0.717) is 11.8 Å². The average Bonchev–Trinajstić information content (AvgIpc) is 3.32. The lowest BCUT2D eigenvalue weighted by atomic mass is 9.85. The highest BCUT2D eigenvalue weighted by atomic mass is 16.7. The predicted octanol–water partition coefficient (Wildman–Crippen LogP) is 3.12. The Kier molecular flexibility index (Phi) is 4.95. The van der Waals surface area contributed by atoms with Gasteiger partial charge in [-0.1, -0.05) is 30.3 Å². The summed E-state index contributed by atoms with van der Waals surface area (Å²) < 4.78 is 11.5. The zero-order chi connectivity index (χ0) is 17.1. The standard InChI is InChI=1S/C20H28N2O3/c23-19(22-11-8-18(15-22)17-4-2-1-3-5-17)21-14-16-6-9-20(10-7-16)24-12-13-25-20/h1-5,16,18H,6-15H2,(H,21,23)/t18-/m0/s1. The summed E-state index contributed by atoms with van der Waals surface area (Å²) in [6.45, 7) is 3.88. The lowest BCUT2D eigenvalue weighted by molar-refractivity contribution is -0.182. The number of hydrogen-bond acceptors (Lipinski definition) is 3. The quantitative estimate of drug-likeness (QED) is 0.916. The van der Waals surface area contributed by atoms with E-state index in [9.17, 15) is 4.79 Å². The van der Waals surface area contributed by atoms with Gasteiger partial charge in [0.25, 0.3) is 0 Å². The Bertz CT molecular complexity index is 576. The van der Waals surface area contributed by atoms with Crippen molar-refractivity contribution in [1.29, 1.82) is 0 Å². The van der Waals surface area contributed by atoms with Crippen molar-refractivity contribution in [2.75, 3.05) is 32.8 Å². The van der Waals surface area contributed by atoms with Gasteiger partial charge < -0.3 is 19.7 Å². The van der Waals surface area contributed by atoms with E-state index >= 15 is 0 Å². The van der Waals surface area contributed by atoms with E-state index in [1.807, 2.05) is 11.0 Å². The zero-order valence-corrected chi connectivity index (χ0v) is 14.8. The second-order valence-corrected chi connectivity index (χ2v) is 7.58. The number of carbonyl (C=O) groups is 1. The van der Waals surface area contributed by atoms with Crippen molar-refractivity contribution in [1.82, 2.24) is 10.2 Å². The molecule has 3 fully saturated rings. The van der Waals surface area contributed by atoms with Crippen LogP contribution in [-0.2, 0) is 9.47 Å². The Morgan fingerprint density at radius 3 is 2.56 bits per heavy atom. The molecule has 1 saturated carbocycles. The van der Waals surface area contributed by atoms with Gasteiger partial charge in [0.15, 0.2) is 5.79 Å². The summed E-state index contributed by atoms with van der Waals surface area (Å²) in [5, 5.41) is 3.15. The molecule has 25 heavy (non-hydrogen) atoms. The number of benzene rings is 1. The van der Waals surface area contributed by atoms with Crippen LogP contribution in [0.25, 0.3) is 0 Å². The second-order valence-electron chi connectivity index (χ2n) is 7.58. The predicted molar refractivity (Wildman–Crippen MR) is 95.4 cm³/mol. The van der Waals surface area contributed by atoms with Crippen molar-refractivity contribution in [3.8, 4) is 0 Å². The van der Waals surface area contributed by atoms with Gasteiger partial charge in [-0.05, 0) is 30.7 Å². The summed E-state index contributed by atoms with van der Waals surface area (Å²) in [5.74, 6) is 0.700. The molecule has 1 aromatic carbocycles. The van der Waals surface area contributed by atoms with Gasteiger partial charge in [0.05, 0.1) is 13.2 Å². The molecule has 2 heterocycles. The number of ether oxygens (including phenoxy) is 2. The van der Waals surface area contributed by atoms with Crippen LogP contribution in [0.3, 0.4) is 0 Å². The Balaban J connectivity index is 1.21. The summed E-state index contributed by atoms with van der Waals surface area (Å²) in [7, 11) is 0. The van der Waals surface area contributed by atoms with E-state index in [-0.39, 0.29) is 11.8 Å². The molecular weight excluding hydrogens is 316 g/mol. The fourth-order valence-corrected chi connectivity index (χ4v) is 4.39. The summed E-state index contributed by atoms with van der Waals surface area (Å²) >= 11 is 0. The van der Waals surface area contributed by atoms with Gasteiger partial charge >= 0.3 is 6.03 Å². The minimum atomic E-state index is -0.307. The molecule has 2 saturated heterocycles. The fraction of sp³-hybridized carbons (Fsp3) is 0.650. The number of hydrogen-bond donors (Lipinski definition) is 1. The number of nitrogens with one attached hydrogen (secondary N) is 1. The van der Waals surface area contributed by atoms with E-state index in [1.54, 1.807) is 0 Å². The Labute approximate surface area is 149 Å². The van der Waals surface area contributed by atoms with Gasteiger partial charge in [-0.15, -0.1) is 0 Å². The van der Waals surface area contributed by atoms with Crippen molar-refractivity contribution < 1.29 is 14.3 Å². The summed E-state index contributed by atoms with van der Waals surface area (Å²) in [6, 6.07) is 10.6. The number of carbonyl (C=O) groups excluding carboxylic acids is 1. The highest BCUT2D eigenvalue weighted by Gasteiger charge is 2.40. The number of rotatable bonds is 3. The highest BCUT2D eigenvalue weighted by molar-refractivity contribution is 5.74. The third kappa shape index (κ3) is 3.82. The molecule has 136 valence electrons. The van der Waals surface area contributed by atoms with Gasteiger partial charge in [0.2, 0.25) is 0 Å². The van der Waals surface area contributed by atoms with Crippen LogP contribution in [0.2, 0.25) is 0 Å². The number of urea groups is 1. The number of likely N-dealkylation sites (tertiary alicyclic amines) is 1. The van der Waals surface area contributed by atoms with Crippen molar-refractivity contribution in [3.05, 3.63) is 35.9 Å². The molecule has 1 spiro atoms. The number of nitrogens with zero attached hydrogens (tertiary/aromatic N) is 1. The molecule has 2 aliphatic heterocycles. The Hall–Kier alpha value is -1.59. The third-order valence-electron chi connectivity index (χ3n) is 5.97. The van der Waals surface area contributed by atoms with Gasteiger partial charge in [0.1, 0.15) is 0 Å². The maximum atomic E-state index is 12.5. The average molecular weight is 344 g/mol. The van der Waals surface area contributed by atoms with Crippen molar-refractivity contribution in [2.45, 2.75) is 43.8 Å². The molecule has 1 aromatic rings. The Morgan fingerprint density at radius 1 is 1.12 bits per heavy atom. The third-order valence-corrected chi connectivity index (χ3v) is 5.97. The van der Waals surface area contributed by atoms with Gasteiger partial charge in [-0.25, -0.2) is 4.79 Å². The first-order valence-electron chi connectivity index (χ1n) is 9.60. The van der Waals surface area contributed by atoms with Crippen molar-refractivity contribution in [2.24, 2.45) is 5.92 Å². The molecule has 2 amide bonds. The van der Waals surface area contributed by atoms with Crippen LogP contribution in [-0.4, -0.2) is 49.6 Å². The van der Waals surface area contributed by atoms with Crippen LogP contribution in [0.15, 0.2) is 30.3 Å². The molecule has 0 radical (unpaired) electrons. The highest BCUT2D eigenvalue weighted by Crippen LogP contribution is 2.38. The van der Waals surface area contributed by atoms with E-state index in [2.05, 4.69) is 29.6 Å². The lowest BCUT2D eigenvalue weighted by Crippen LogP contribution is -2.43. The van der Waals surface area contributed by atoms with Crippen LogP contribution in [0.5, 0.6) is 0 Å². The minimum absolute atomic E-state index is 0.0899. The summed E-state index contributed by atoms with van der Waals surface area (Å²) in [4.78, 5) is 14.4. The van der Waals surface area contributed by atoms with Gasteiger partial charge in [0, 0.05) is 38.4 Å². The molecule has 0 aromatic heterocycles. The largest absolute Gasteiger partial charge is 0.348 e. The van der Waals surface area contributed by atoms with E-state index in [1.165, 1.54) is 5.56 Å². The van der Waals surface area contributed by atoms with Crippen molar-refractivity contribution >= 4 is 6.03 Å². The molecular formula is C20H28N2O3. The molecule has 1 aliphatic carbocycles. The molecule has 0 bridgehead atoms. The van der Waals surface area contributed by atoms with Crippen molar-refractivity contribution in [3.63, 3.8) is 0 Å². The lowest BCUT2D eigenvalue weighted by Gasteiger charge is -2.35. The molecule has 4 rings (SSSR count). The fourth-order valence-electron chi connectivity index (χ4n) is 4.39. The summed E-state index contributed by atoms with van der Waals surface area (Å²) in [6.07, 6.45) is 5.08. The second kappa shape index (κ2) is 7.34. The molecule has 1 atom stereocenters. The smallest absolute Gasteiger partial charge is 0.317 e. The first-order valence-corrected chi connectivity index (χ1v) is 9.60. The van der Waals surface area contributed by atoms with Gasteiger partial charge in [-0.3, -0.25) is 0 Å². The summed E-state index contributed by atoms with van der Waals surface area (Å²) in [5.41, 5.74) is 1.34. The van der Waals surface area contributed by atoms with Crippen LogP contribution < -0.4 is 5.32 Å². The normalized spacial score (nSPS) is 26.2. The van der Waals surface area contributed by atoms with Gasteiger partial charge in [-0.2, -0.15) is 0 Å². The molecule has 0 unspecified atom stereocenters. The van der Waals surface area contributed by atoms with Crippen LogP contribution in [0, 0.1) is 5.92 Å². The maximum Gasteiger partial charge on any atom is 0.317 e. The maximum absolute atomic E-state index is 12.5. The first kappa shape index (κ1) is 16.9. The molecule has 3 aliphatic rings. The topological polar surface area (TPSA) is 50.8 Å². The molecule has 1 N–H and O–H groups in total. The molecule has 5 nitrogen and oxygen atoms in total. The Morgan fingerprint density at radius 2 is 1.84 bits per heavy atom. The van der Waals surface area contributed by atoms with E-state index in [4.69, 9.17) is 9.47 Å². The van der Waals surface area contributed by atoms with Crippen LogP contribution in [0.4, 0.5) is 4.79 Å². The molecule has 5 heteroatoms. The van der Waals surface area contributed by atoms with Crippen LogP contribution in [0.1, 0.15) is 43.6 Å². The van der Waals surface area contributed by atoms with E-state index in [0.717, 1.165) is 65.0 Å². The van der Waals surface area contributed by atoms with E-state index < -0.39 is 0 Å². The SMILES string of the molecule is O=C(NCC1CCC2(CC1)OCCO2)N1CC[C@H](c2ccccc2)C1. The van der Waals surface area contributed by atoms with Crippen LogP contribution >= 0.6 is 0 Å². The zero-order valence-electron chi connectivity index (χ0n) is 14.8. The monoisotopic (exact) mass is 344 g/mol. The minimum Gasteiger partial charge on any atom is -0.348 e. The first-order chi connectivity index (χ1) is 12.2.